The number of benzene rings is 1. The van der Waals surface area contributed by atoms with E-state index in [1.807, 2.05) is 20.8 Å². The van der Waals surface area contributed by atoms with Gasteiger partial charge in [0.1, 0.15) is 5.60 Å². The largest absolute Gasteiger partial charge is 0.444 e. The Morgan fingerprint density at radius 1 is 1.11 bits per heavy atom. The molecule has 1 heterocycles. The molecule has 1 aromatic carbocycles. The van der Waals surface area contributed by atoms with Gasteiger partial charge in [-0.05, 0) is 101 Å². The lowest BCUT2D eigenvalue weighted by atomic mass is 9.99. The zero-order valence-electron chi connectivity index (χ0n) is 22.4. The second-order valence-electron chi connectivity index (χ2n) is 11.3. The third-order valence-electron chi connectivity index (χ3n) is 7.27. The fraction of sp³-hybridized carbons (Fsp3) is 0.630. The second kappa shape index (κ2) is 11.0. The Labute approximate surface area is 220 Å². The summed E-state index contributed by atoms with van der Waals surface area (Å²) in [5, 5.41) is 3.96. The van der Waals surface area contributed by atoms with Gasteiger partial charge in [0.15, 0.2) is 0 Å². The van der Waals surface area contributed by atoms with Gasteiger partial charge in [-0.1, -0.05) is 12.1 Å². The van der Waals surface area contributed by atoms with Crippen LogP contribution in [0.15, 0.2) is 17.6 Å². The topological polar surface area (TPSA) is 108 Å². The van der Waals surface area contributed by atoms with Gasteiger partial charge in [0, 0.05) is 37.3 Å². The van der Waals surface area contributed by atoms with E-state index in [-0.39, 0.29) is 12.1 Å². The molecular formula is C27H40N4O5S. The van der Waals surface area contributed by atoms with Gasteiger partial charge in [-0.25, -0.2) is 22.7 Å². The van der Waals surface area contributed by atoms with Crippen molar-refractivity contribution >= 4 is 27.8 Å². The van der Waals surface area contributed by atoms with Gasteiger partial charge in [-0.15, -0.1) is 0 Å². The van der Waals surface area contributed by atoms with Crippen molar-refractivity contribution in [3.05, 3.63) is 39.8 Å². The standard InChI is InChI=1S/C27H40N4O5S/c1-27(2,3)36-26(33)30(4)15-16-31-14-7-10-21(31)13-17-37(34,35)29-25(32)28-24-22-11-5-8-19(22)18-20-9-6-12-23(20)24/h13,17-18,21H,5-12,14-16H2,1-4H3,(H2,28,29,32)/b17-13+/t21-/m1/s1. The van der Waals surface area contributed by atoms with Gasteiger partial charge in [0.05, 0.1) is 0 Å². The van der Waals surface area contributed by atoms with Crippen molar-refractivity contribution in [2.45, 2.75) is 83.8 Å². The number of rotatable bonds is 7. The number of nitrogens with zero attached hydrogens (tertiary/aromatic N) is 2. The van der Waals surface area contributed by atoms with Gasteiger partial charge >= 0.3 is 12.1 Å². The summed E-state index contributed by atoms with van der Waals surface area (Å²) in [5.41, 5.74) is 5.12. The van der Waals surface area contributed by atoms with E-state index in [1.54, 1.807) is 13.1 Å². The van der Waals surface area contributed by atoms with E-state index in [0.717, 1.165) is 80.1 Å². The minimum atomic E-state index is -3.96. The lowest BCUT2D eigenvalue weighted by molar-refractivity contribution is 0.0283. The van der Waals surface area contributed by atoms with Crippen LogP contribution in [0.4, 0.5) is 15.3 Å². The number of sulfonamides is 1. The van der Waals surface area contributed by atoms with Crippen LogP contribution >= 0.6 is 0 Å². The summed E-state index contributed by atoms with van der Waals surface area (Å²) in [6, 6.07) is 1.47. The molecule has 204 valence electrons. The van der Waals surface area contributed by atoms with Crippen molar-refractivity contribution in [2.75, 3.05) is 32.0 Å². The van der Waals surface area contributed by atoms with Crippen molar-refractivity contribution in [2.24, 2.45) is 0 Å². The minimum Gasteiger partial charge on any atom is -0.444 e. The number of aryl methyl sites for hydroxylation is 2. The number of likely N-dealkylation sites (N-methyl/N-ethyl adjacent to an activating group) is 1. The predicted octanol–water partition coefficient (Wildman–Crippen LogP) is 3.96. The molecule has 37 heavy (non-hydrogen) atoms. The van der Waals surface area contributed by atoms with Crippen molar-refractivity contribution in [1.29, 1.82) is 0 Å². The molecule has 1 saturated heterocycles. The number of hydrogen-bond donors (Lipinski definition) is 2. The molecule has 1 aliphatic heterocycles. The number of ether oxygens (including phenoxy) is 1. The molecule has 2 aliphatic carbocycles. The monoisotopic (exact) mass is 532 g/mol. The van der Waals surface area contributed by atoms with Gasteiger partial charge in [0.25, 0.3) is 10.0 Å². The van der Waals surface area contributed by atoms with E-state index in [2.05, 4.69) is 21.0 Å². The number of carbonyl (C=O) groups excluding carboxylic acids is 2. The van der Waals surface area contributed by atoms with Crippen molar-refractivity contribution in [3.63, 3.8) is 0 Å². The Bertz CT molecular complexity index is 1140. The first kappa shape index (κ1) is 27.4. The first-order chi connectivity index (χ1) is 17.4. The molecular weight excluding hydrogens is 492 g/mol. The normalized spacial score (nSPS) is 19.6. The predicted molar refractivity (Wildman–Crippen MR) is 144 cm³/mol. The number of nitrogens with one attached hydrogen (secondary N) is 2. The average Bonchev–Trinajstić information content (AvgIpc) is 3.54. The van der Waals surface area contributed by atoms with Gasteiger partial charge in [-0.2, -0.15) is 0 Å². The molecule has 4 rings (SSSR count). The Hall–Kier alpha value is -2.59. The first-order valence-electron chi connectivity index (χ1n) is 13.3. The van der Waals surface area contributed by atoms with E-state index in [9.17, 15) is 18.0 Å². The number of amides is 3. The van der Waals surface area contributed by atoms with Gasteiger partial charge in [-0.3, -0.25) is 4.90 Å². The summed E-state index contributed by atoms with van der Waals surface area (Å²) >= 11 is 0. The maximum Gasteiger partial charge on any atom is 0.410 e. The zero-order chi connectivity index (χ0) is 26.8. The lowest BCUT2D eigenvalue weighted by Crippen LogP contribution is -2.40. The van der Waals surface area contributed by atoms with Crippen LogP contribution in [0.1, 0.15) is 68.7 Å². The molecule has 0 bridgehead atoms. The molecule has 1 fully saturated rings. The molecule has 9 nitrogen and oxygen atoms in total. The van der Waals surface area contributed by atoms with Crippen LogP contribution in [0.25, 0.3) is 0 Å². The van der Waals surface area contributed by atoms with Crippen LogP contribution in [0, 0.1) is 0 Å². The van der Waals surface area contributed by atoms with E-state index in [1.165, 1.54) is 16.0 Å². The van der Waals surface area contributed by atoms with E-state index in [4.69, 9.17) is 4.74 Å². The fourth-order valence-electron chi connectivity index (χ4n) is 5.52. The number of anilines is 1. The second-order valence-corrected chi connectivity index (χ2v) is 12.9. The molecule has 0 aromatic heterocycles. The highest BCUT2D eigenvalue weighted by molar-refractivity contribution is 7.92. The third-order valence-corrected chi connectivity index (χ3v) is 8.25. The molecule has 0 spiro atoms. The zero-order valence-corrected chi connectivity index (χ0v) is 23.2. The van der Waals surface area contributed by atoms with Crippen molar-refractivity contribution in [1.82, 2.24) is 14.5 Å². The summed E-state index contributed by atoms with van der Waals surface area (Å²) in [4.78, 5) is 28.6. The molecule has 3 amide bonds. The minimum absolute atomic E-state index is 0.0765. The Morgan fingerprint density at radius 3 is 2.38 bits per heavy atom. The molecule has 0 unspecified atom stereocenters. The molecule has 10 heteroatoms. The maximum atomic E-state index is 12.7. The molecule has 2 N–H and O–H groups in total. The number of urea groups is 1. The summed E-state index contributed by atoms with van der Waals surface area (Å²) in [6.45, 7) is 7.37. The van der Waals surface area contributed by atoms with E-state index < -0.39 is 21.7 Å². The van der Waals surface area contributed by atoms with Crippen LogP contribution in [-0.4, -0.2) is 68.7 Å². The third kappa shape index (κ3) is 7.04. The van der Waals surface area contributed by atoms with Crippen molar-refractivity contribution < 1.29 is 22.7 Å². The summed E-state index contributed by atoms with van der Waals surface area (Å²) < 4.78 is 33.0. The Kier molecular flexibility index (Phi) is 8.18. The summed E-state index contributed by atoms with van der Waals surface area (Å²) in [5.74, 6) is 0. The Morgan fingerprint density at radius 2 is 1.76 bits per heavy atom. The first-order valence-corrected chi connectivity index (χ1v) is 14.8. The van der Waals surface area contributed by atoms with E-state index >= 15 is 0 Å². The maximum absolute atomic E-state index is 12.7. The number of fused-ring (bicyclic) bond motifs is 2. The van der Waals surface area contributed by atoms with Gasteiger partial charge in [0.2, 0.25) is 0 Å². The van der Waals surface area contributed by atoms with Crippen molar-refractivity contribution in [3.8, 4) is 0 Å². The van der Waals surface area contributed by atoms with Crippen LogP contribution in [-0.2, 0) is 40.4 Å². The number of hydrogen-bond acceptors (Lipinski definition) is 6. The summed E-state index contributed by atoms with van der Waals surface area (Å²) in [7, 11) is -2.26. The molecule has 1 atom stereocenters. The van der Waals surface area contributed by atoms with Crippen LogP contribution in [0.5, 0.6) is 0 Å². The highest BCUT2D eigenvalue weighted by atomic mass is 32.2. The molecule has 3 aliphatic rings. The van der Waals surface area contributed by atoms with Crippen LogP contribution < -0.4 is 10.0 Å². The van der Waals surface area contributed by atoms with Crippen LogP contribution in [0.2, 0.25) is 0 Å². The Balaban J connectivity index is 1.33. The fourth-order valence-corrected chi connectivity index (χ4v) is 6.29. The highest BCUT2D eigenvalue weighted by Crippen LogP contribution is 2.38. The molecule has 1 aromatic rings. The number of likely N-dealkylation sites (tertiary alicyclic amines) is 1. The smallest absolute Gasteiger partial charge is 0.410 e. The number of carbonyl (C=O) groups is 2. The van der Waals surface area contributed by atoms with Gasteiger partial charge < -0.3 is 15.0 Å². The lowest BCUT2D eigenvalue weighted by Gasteiger charge is -2.27. The average molecular weight is 533 g/mol. The van der Waals surface area contributed by atoms with Crippen LogP contribution in [0.3, 0.4) is 0 Å². The molecule has 0 saturated carbocycles. The quantitative estimate of drug-likeness (QED) is 0.550. The highest BCUT2D eigenvalue weighted by Gasteiger charge is 2.27. The van der Waals surface area contributed by atoms with E-state index in [0.29, 0.717) is 13.1 Å². The summed E-state index contributed by atoms with van der Waals surface area (Å²) in [6.07, 6.45) is 8.94. The SMILES string of the molecule is CN(CCN1CCC[C@@H]1/C=C/S(=O)(=O)NC(=O)Nc1c2c(cc3c1CCC3)CCC2)C(=O)OC(C)(C)C. The molecule has 0 radical (unpaired) electrons.